The monoisotopic (exact) mass is 481 g/mol. The molecule has 0 fully saturated rings. The summed E-state index contributed by atoms with van der Waals surface area (Å²) in [5.41, 5.74) is 7.83. The van der Waals surface area contributed by atoms with E-state index in [0.717, 1.165) is 38.7 Å². The van der Waals surface area contributed by atoms with Crippen molar-refractivity contribution in [1.29, 1.82) is 0 Å². The van der Waals surface area contributed by atoms with E-state index < -0.39 is 12.1 Å². The fraction of sp³-hybridized carbons (Fsp3) is 0.226. The second kappa shape index (κ2) is 10.8. The number of carboxylic acid groups (broad SMARTS) is 1. The van der Waals surface area contributed by atoms with E-state index in [1.807, 2.05) is 67.7 Å². The van der Waals surface area contributed by atoms with Crippen LogP contribution in [0.5, 0.6) is 0 Å². The minimum Gasteiger partial charge on any atom is -0.479 e. The summed E-state index contributed by atoms with van der Waals surface area (Å²) in [6.07, 6.45) is 5.25. The van der Waals surface area contributed by atoms with Gasteiger partial charge in [0, 0.05) is 29.3 Å². The van der Waals surface area contributed by atoms with Crippen LogP contribution < -0.4 is 0 Å². The van der Waals surface area contributed by atoms with Gasteiger partial charge in [0.05, 0.1) is 12.1 Å². The number of allylic oxidation sites excluding steroid dienone is 1. The summed E-state index contributed by atoms with van der Waals surface area (Å²) in [4.78, 5) is 24.3. The molecule has 0 saturated heterocycles. The Balaban J connectivity index is 1.55. The molecule has 4 aromatic rings. The Labute approximate surface area is 211 Å². The molecule has 3 aromatic carbocycles. The number of carbonyl (C=O) groups excluding carboxylic acids is 1. The third-order valence-electron chi connectivity index (χ3n) is 6.31. The first-order valence-corrected chi connectivity index (χ1v) is 12.0. The van der Waals surface area contributed by atoms with Gasteiger partial charge in [0.15, 0.2) is 11.9 Å². The number of benzene rings is 3. The van der Waals surface area contributed by atoms with E-state index in [0.29, 0.717) is 17.7 Å². The fourth-order valence-electron chi connectivity index (χ4n) is 4.34. The van der Waals surface area contributed by atoms with E-state index in [9.17, 15) is 9.59 Å². The van der Waals surface area contributed by atoms with Gasteiger partial charge in [-0.3, -0.25) is 4.79 Å². The second-order valence-corrected chi connectivity index (χ2v) is 9.30. The van der Waals surface area contributed by atoms with Gasteiger partial charge < -0.3 is 14.4 Å². The lowest BCUT2D eigenvalue weighted by Gasteiger charge is -2.08. The zero-order valence-corrected chi connectivity index (χ0v) is 21.1. The van der Waals surface area contributed by atoms with Crippen molar-refractivity contribution in [3.8, 4) is 0 Å². The summed E-state index contributed by atoms with van der Waals surface area (Å²) in [5.74, 6) is -0.941. The highest BCUT2D eigenvalue weighted by atomic mass is 16.5. The zero-order chi connectivity index (χ0) is 25.8. The first-order chi connectivity index (χ1) is 17.2. The Morgan fingerprint density at radius 2 is 1.67 bits per heavy atom. The van der Waals surface area contributed by atoms with Crippen LogP contribution in [0.2, 0.25) is 0 Å². The average Bonchev–Trinajstić information content (AvgIpc) is 3.21. The number of fused-ring (bicyclic) bond motifs is 1. The summed E-state index contributed by atoms with van der Waals surface area (Å²) in [6.45, 7) is 8.56. The smallest absolute Gasteiger partial charge is 0.332 e. The molecule has 0 spiro atoms. The number of carbonyl (C=O) groups is 2. The van der Waals surface area contributed by atoms with E-state index >= 15 is 0 Å². The number of ether oxygens (including phenoxy) is 1. The van der Waals surface area contributed by atoms with Gasteiger partial charge in [0.2, 0.25) is 0 Å². The van der Waals surface area contributed by atoms with E-state index in [2.05, 4.69) is 36.6 Å². The molecule has 1 aromatic heterocycles. The number of nitrogens with zero attached hydrogens (tertiary/aromatic N) is 1. The van der Waals surface area contributed by atoms with Crippen molar-refractivity contribution in [2.24, 2.45) is 0 Å². The number of aromatic nitrogens is 1. The van der Waals surface area contributed by atoms with Gasteiger partial charge in [-0.05, 0) is 50.5 Å². The van der Waals surface area contributed by atoms with Crippen LogP contribution >= 0.6 is 0 Å². The predicted octanol–water partition coefficient (Wildman–Crippen LogP) is 6.50. The highest BCUT2D eigenvalue weighted by Crippen LogP contribution is 2.28. The lowest BCUT2D eigenvalue weighted by molar-refractivity contribution is -0.149. The molecule has 0 aliphatic rings. The zero-order valence-electron chi connectivity index (χ0n) is 21.1. The SMILES string of the molecule is Cc1ccc(C(=O)c2cn(C/C=C/c3ccc(CO[C@@H](C)C(=O)O)cc3)c3c(C)cc(C)cc23)cc1. The molecular weight excluding hydrogens is 450 g/mol. The minimum atomic E-state index is -0.971. The number of aryl methyl sites for hydroxylation is 3. The van der Waals surface area contributed by atoms with E-state index in [4.69, 9.17) is 9.84 Å². The number of rotatable bonds is 9. The molecule has 0 aliphatic carbocycles. The number of hydrogen-bond acceptors (Lipinski definition) is 3. The molecule has 4 rings (SSSR count). The lowest BCUT2D eigenvalue weighted by Crippen LogP contribution is -2.19. The largest absolute Gasteiger partial charge is 0.479 e. The highest BCUT2D eigenvalue weighted by Gasteiger charge is 2.18. The van der Waals surface area contributed by atoms with Crippen molar-refractivity contribution in [3.05, 3.63) is 112 Å². The molecule has 1 N–H and O–H groups in total. The summed E-state index contributed by atoms with van der Waals surface area (Å²) < 4.78 is 7.48. The minimum absolute atomic E-state index is 0.0303. The molecule has 0 amide bonds. The maximum Gasteiger partial charge on any atom is 0.332 e. The fourth-order valence-corrected chi connectivity index (χ4v) is 4.34. The Morgan fingerprint density at radius 3 is 2.33 bits per heavy atom. The van der Waals surface area contributed by atoms with Crippen molar-refractivity contribution in [2.45, 2.75) is 47.0 Å². The predicted molar refractivity (Wildman–Crippen MR) is 143 cm³/mol. The third-order valence-corrected chi connectivity index (χ3v) is 6.31. The quantitative estimate of drug-likeness (QED) is 0.277. The van der Waals surface area contributed by atoms with E-state index in [1.54, 1.807) is 0 Å². The van der Waals surface area contributed by atoms with Crippen LogP contribution in [0.3, 0.4) is 0 Å². The first kappa shape index (κ1) is 25.1. The normalized spacial score (nSPS) is 12.3. The number of carboxylic acids is 1. The molecule has 184 valence electrons. The Kier molecular flexibility index (Phi) is 7.51. The maximum atomic E-state index is 13.4. The van der Waals surface area contributed by atoms with Gasteiger partial charge in [-0.25, -0.2) is 4.79 Å². The van der Waals surface area contributed by atoms with Crippen LogP contribution in [0, 0.1) is 20.8 Å². The standard InChI is InChI=1S/C31H31NO4/c1-20-7-13-26(14-8-20)30(33)28-18-32(29-22(3)16-21(2)17-27(28)29)15-5-6-24-9-11-25(12-10-24)19-36-23(4)31(34)35/h5-14,16-18,23H,15,19H2,1-4H3,(H,34,35)/b6-5+/t23-/m0/s1. The molecule has 36 heavy (non-hydrogen) atoms. The third kappa shape index (κ3) is 5.64. The molecule has 1 atom stereocenters. The van der Waals surface area contributed by atoms with E-state index in [-0.39, 0.29) is 12.4 Å². The summed E-state index contributed by atoms with van der Waals surface area (Å²) in [5, 5.41) is 9.91. The van der Waals surface area contributed by atoms with Crippen LogP contribution in [-0.4, -0.2) is 27.5 Å². The highest BCUT2D eigenvalue weighted by molar-refractivity contribution is 6.16. The van der Waals surface area contributed by atoms with Crippen LogP contribution in [0.15, 0.2) is 72.9 Å². The summed E-state index contributed by atoms with van der Waals surface area (Å²) in [7, 11) is 0. The van der Waals surface area contributed by atoms with Gasteiger partial charge in [-0.2, -0.15) is 0 Å². The second-order valence-electron chi connectivity index (χ2n) is 9.30. The topological polar surface area (TPSA) is 68.5 Å². The molecular formula is C31H31NO4. The number of hydrogen-bond donors (Lipinski definition) is 1. The molecule has 0 unspecified atom stereocenters. The number of aliphatic carboxylic acids is 1. The maximum absolute atomic E-state index is 13.4. The van der Waals surface area contributed by atoms with Gasteiger partial charge in [0.1, 0.15) is 0 Å². The van der Waals surface area contributed by atoms with Crippen molar-refractivity contribution in [3.63, 3.8) is 0 Å². The van der Waals surface area contributed by atoms with Crippen molar-refractivity contribution >= 4 is 28.7 Å². The molecule has 5 nitrogen and oxygen atoms in total. The van der Waals surface area contributed by atoms with Crippen LogP contribution in [0.25, 0.3) is 17.0 Å². The molecule has 0 radical (unpaired) electrons. The van der Waals surface area contributed by atoms with Gasteiger partial charge >= 0.3 is 5.97 Å². The Morgan fingerprint density at radius 1 is 0.972 bits per heavy atom. The first-order valence-electron chi connectivity index (χ1n) is 12.0. The van der Waals surface area contributed by atoms with Crippen LogP contribution in [0.1, 0.15) is 50.7 Å². The molecule has 1 heterocycles. The summed E-state index contributed by atoms with van der Waals surface area (Å²) in [6, 6.07) is 19.8. The van der Waals surface area contributed by atoms with Gasteiger partial charge in [0.25, 0.3) is 0 Å². The van der Waals surface area contributed by atoms with Crippen molar-refractivity contribution in [2.75, 3.05) is 0 Å². The molecule has 0 saturated carbocycles. The van der Waals surface area contributed by atoms with Crippen molar-refractivity contribution < 1.29 is 19.4 Å². The molecule has 0 aliphatic heterocycles. The molecule has 5 heteroatoms. The van der Waals surface area contributed by atoms with E-state index in [1.165, 1.54) is 6.92 Å². The van der Waals surface area contributed by atoms with Gasteiger partial charge in [-0.1, -0.05) is 77.9 Å². The number of ketones is 1. The Bertz CT molecular complexity index is 1430. The van der Waals surface area contributed by atoms with Crippen LogP contribution in [0.4, 0.5) is 0 Å². The van der Waals surface area contributed by atoms with Crippen molar-refractivity contribution in [1.82, 2.24) is 4.57 Å². The Hall–Kier alpha value is -3.96. The molecule has 0 bridgehead atoms. The average molecular weight is 482 g/mol. The lowest BCUT2D eigenvalue weighted by atomic mass is 9.99. The van der Waals surface area contributed by atoms with Gasteiger partial charge in [-0.15, -0.1) is 0 Å². The van der Waals surface area contributed by atoms with Crippen LogP contribution in [-0.2, 0) is 22.7 Å². The summed E-state index contributed by atoms with van der Waals surface area (Å²) >= 11 is 0.